The minimum absolute atomic E-state index is 0.103. The van der Waals surface area contributed by atoms with Gasteiger partial charge < -0.3 is 37.9 Å². The number of aromatic nitrogens is 2. The van der Waals surface area contributed by atoms with E-state index in [-0.39, 0.29) is 47.2 Å². The van der Waals surface area contributed by atoms with Crippen LogP contribution < -0.4 is 10.4 Å². The van der Waals surface area contributed by atoms with Crippen LogP contribution in [0.3, 0.4) is 0 Å². The van der Waals surface area contributed by atoms with Crippen LogP contribution >= 0.6 is 0 Å². The molecule has 0 saturated carbocycles. The molecule has 0 spiro atoms. The van der Waals surface area contributed by atoms with Gasteiger partial charge in [0.25, 0.3) is 0 Å². The zero-order chi connectivity index (χ0) is 53.3. The predicted octanol–water partition coefficient (Wildman–Crippen LogP) is 6.38. The summed E-state index contributed by atoms with van der Waals surface area (Å²) in [6.45, 7) is 21.6. The summed E-state index contributed by atoms with van der Waals surface area (Å²) >= 11 is 0. The van der Waals surface area contributed by atoms with Crippen LogP contribution in [0.5, 0.6) is 0 Å². The number of nitriles is 1. The first-order valence-electron chi connectivity index (χ1n) is 26.6. The largest absolute Gasteiger partial charge is 0.494 e. The van der Waals surface area contributed by atoms with Gasteiger partial charge in [-0.25, -0.2) is 9.97 Å². The number of carbonyl (C=O) groups is 2. The molecule has 15 nitrogen and oxygen atoms in total. The average molecular weight is 1040 g/mol. The number of morpholine rings is 3. The predicted molar refractivity (Wildman–Crippen MR) is 289 cm³/mol. The third-order valence-corrected chi connectivity index (χ3v) is 14.5. The van der Waals surface area contributed by atoms with Gasteiger partial charge in [-0.05, 0) is 66.5 Å². The highest BCUT2D eigenvalue weighted by atomic mass is 19.1. The van der Waals surface area contributed by atoms with Crippen molar-refractivity contribution in [2.75, 3.05) is 110 Å². The maximum Gasteiger partial charge on any atom is 0.494 e. The van der Waals surface area contributed by atoms with Crippen molar-refractivity contribution in [2.45, 2.75) is 77.8 Å². The number of hydrogen-bond donors (Lipinski definition) is 0. The SMILES string of the molecule is CC1(C)OB(c2ccc(CC(=O)Cc3ccc(COCCN4CCOCC4)cc3)cc2)OC1(C)C.N#Cc1nc(-c2ccc(CC(=O)Cc3ccc(COCCN4CCOCC4)cc3)cc2)nc(N2CCOCC2)c1F. The van der Waals surface area contributed by atoms with Crippen LogP contribution in [0.25, 0.3) is 11.4 Å². The molecule has 4 fully saturated rings. The Kier molecular flexibility index (Phi) is 20.4. The number of rotatable bonds is 21. The Morgan fingerprint density at radius 3 is 1.38 bits per heavy atom. The summed E-state index contributed by atoms with van der Waals surface area (Å²) in [4.78, 5) is 40.4. The first kappa shape index (κ1) is 56.4. The van der Waals surface area contributed by atoms with Gasteiger partial charge in [-0.3, -0.25) is 19.4 Å². The topological polar surface area (TPSA) is 158 Å². The fourth-order valence-electron chi connectivity index (χ4n) is 9.13. The lowest BCUT2D eigenvalue weighted by Crippen LogP contribution is -2.41. The van der Waals surface area contributed by atoms with Crippen LogP contribution in [0.2, 0.25) is 0 Å². The van der Waals surface area contributed by atoms with E-state index in [9.17, 15) is 19.2 Å². The van der Waals surface area contributed by atoms with Gasteiger partial charge in [0.05, 0.1) is 77.3 Å². The molecule has 0 bridgehead atoms. The Bertz CT molecular complexity index is 2670. The summed E-state index contributed by atoms with van der Waals surface area (Å²) in [7, 11) is -0.383. The lowest BCUT2D eigenvalue weighted by Gasteiger charge is -2.32. The van der Waals surface area contributed by atoms with Gasteiger partial charge >= 0.3 is 7.12 Å². The highest BCUT2D eigenvalue weighted by Crippen LogP contribution is 2.36. The molecule has 402 valence electrons. The van der Waals surface area contributed by atoms with E-state index in [1.54, 1.807) is 17.0 Å². The second kappa shape index (κ2) is 27.5. The third kappa shape index (κ3) is 16.4. The van der Waals surface area contributed by atoms with Crippen LogP contribution in [0, 0.1) is 17.1 Å². The molecule has 4 aromatic carbocycles. The smallest absolute Gasteiger partial charge is 0.399 e. The number of nitrogens with zero attached hydrogens (tertiary/aromatic N) is 6. The highest BCUT2D eigenvalue weighted by molar-refractivity contribution is 6.62. The van der Waals surface area contributed by atoms with E-state index in [2.05, 4.69) is 31.9 Å². The number of Topliss-reactive ketones (excluding diaryl/α,β-unsaturated/α-hetero) is 2. The summed E-state index contributed by atoms with van der Waals surface area (Å²) in [5.41, 5.74) is 6.66. The van der Waals surface area contributed by atoms with Crippen LogP contribution in [0.4, 0.5) is 10.2 Å². The van der Waals surface area contributed by atoms with E-state index in [1.165, 1.54) is 0 Å². The van der Waals surface area contributed by atoms with Crippen molar-refractivity contribution < 1.29 is 47.0 Å². The normalized spacial score (nSPS) is 17.7. The first-order valence-corrected chi connectivity index (χ1v) is 26.6. The van der Waals surface area contributed by atoms with E-state index in [1.807, 2.05) is 107 Å². The van der Waals surface area contributed by atoms with Crippen LogP contribution in [-0.2, 0) is 81.5 Å². The maximum atomic E-state index is 14.8. The number of benzene rings is 4. The van der Waals surface area contributed by atoms with Crippen molar-refractivity contribution in [2.24, 2.45) is 0 Å². The van der Waals surface area contributed by atoms with E-state index < -0.39 is 5.82 Å². The summed E-state index contributed by atoms with van der Waals surface area (Å²) in [5, 5.41) is 9.41. The molecule has 1 aromatic heterocycles. The molecule has 9 rings (SSSR count). The summed E-state index contributed by atoms with van der Waals surface area (Å²) in [6, 6.07) is 33.2. The van der Waals surface area contributed by atoms with Gasteiger partial charge in [0.15, 0.2) is 17.3 Å². The number of ketones is 2. The summed E-state index contributed by atoms with van der Waals surface area (Å²) < 4.78 is 54.8. The van der Waals surface area contributed by atoms with E-state index in [0.29, 0.717) is 84.0 Å². The molecule has 0 N–H and O–H groups in total. The van der Waals surface area contributed by atoms with Crippen LogP contribution in [0.15, 0.2) is 97.1 Å². The van der Waals surface area contributed by atoms with Gasteiger partial charge in [-0.1, -0.05) is 97.1 Å². The molecule has 5 aromatic rings. The van der Waals surface area contributed by atoms with Crippen molar-refractivity contribution in [3.63, 3.8) is 0 Å². The summed E-state index contributed by atoms with van der Waals surface area (Å²) in [5.74, 6) is -0.0357. The second-order valence-electron chi connectivity index (χ2n) is 20.7. The van der Waals surface area contributed by atoms with Crippen LogP contribution in [-0.4, -0.2) is 155 Å². The van der Waals surface area contributed by atoms with Gasteiger partial charge in [-0.2, -0.15) is 9.65 Å². The van der Waals surface area contributed by atoms with E-state index in [0.717, 1.165) is 105 Å². The minimum Gasteiger partial charge on any atom is -0.399 e. The molecule has 0 aliphatic carbocycles. The standard InChI is InChI=1S/C31H34FN5O4.C28H38BNO5/c32-29-28(21-33)34-30(35-31(29)37-12-17-40-18-13-37)26-7-5-24(6-8-26)20-27(38)19-23-1-3-25(4-2-23)22-41-16-11-36-9-14-39-15-10-36;1-27(2)28(3,4)35-29(34-27)25-11-9-23(10-12-25)20-26(31)19-22-5-7-24(8-6-22)21-33-18-15-30-13-16-32-17-14-30/h1-8H,9-20,22H2;5-12H,13-21H2,1-4H3. The Morgan fingerprint density at radius 1 is 0.579 bits per heavy atom. The number of carbonyl (C=O) groups excluding carboxylic acids is 2. The van der Waals surface area contributed by atoms with Crippen molar-refractivity contribution in [3.05, 3.63) is 142 Å². The highest BCUT2D eigenvalue weighted by Gasteiger charge is 2.51. The van der Waals surface area contributed by atoms with Crippen LogP contribution in [0.1, 0.15) is 66.8 Å². The number of anilines is 1. The first-order chi connectivity index (χ1) is 36.8. The molecule has 5 heterocycles. The molecule has 0 radical (unpaired) electrons. The molecular weight excluding hydrogens is 966 g/mol. The molecule has 0 amide bonds. The molecule has 4 aliphatic heterocycles. The Balaban J connectivity index is 0.000000204. The van der Waals surface area contributed by atoms with Crippen molar-refractivity contribution in [1.82, 2.24) is 19.8 Å². The third-order valence-electron chi connectivity index (χ3n) is 14.5. The Morgan fingerprint density at radius 2 is 0.961 bits per heavy atom. The number of halogens is 1. The maximum absolute atomic E-state index is 14.8. The number of ether oxygens (including phenoxy) is 5. The van der Waals surface area contributed by atoms with Crippen molar-refractivity contribution in [1.29, 1.82) is 5.26 Å². The van der Waals surface area contributed by atoms with Gasteiger partial charge in [0.2, 0.25) is 5.82 Å². The monoisotopic (exact) mass is 1040 g/mol. The molecule has 17 heteroatoms. The Labute approximate surface area is 447 Å². The van der Waals surface area contributed by atoms with Gasteiger partial charge in [0, 0.05) is 83.6 Å². The molecule has 0 unspecified atom stereocenters. The lowest BCUT2D eigenvalue weighted by molar-refractivity contribution is -0.118. The molecule has 4 saturated heterocycles. The van der Waals surface area contributed by atoms with Crippen molar-refractivity contribution in [3.8, 4) is 17.5 Å². The Hall–Kier alpha value is -5.78. The van der Waals surface area contributed by atoms with Crippen molar-refractivity contribution >= 4 is 30.0 Å². The zero-order valence-electron chi connectivity index (χ0n) is 44.6. The molecule has 4 aliphatic rings. The zero-order valence-corrected chi connectivity index (χ0v) is 44.6. The fourth-order valence-corrected chi connectivity index (χ4v) is 9.13. The lowest BCUT2D eigenvalue weighted by atomic mass is 9.78. The quantitative estimate of drug-likeness (QED) is 0.0589. The van der Waals surface area contributed by atoms with E-state index in [4.69, 9.17) is 33.0 Å². The van der Waals surface area contributed by atoms with Gasteiger partial charge in [-0.15, -0.1) is 0 Å². The molecule has 76 heavy (non-hydrogen) atoms. The molecular formula is C59H72BFN6O9. The minimum atomic E-state index is -0.718. The number of hydrogen-bond acceptors (Lipinski definition) is 15. The average Bonchev–Trinajstić information content (AvgIpc) is 3.66. The van der Waals surface area contributed by atoms with Gasteiger partial charge in [0.1, 0.15) is 17.6 Å². The summed E-state index contributed by atoms with van der Waals surface area (Å²) in [6.07, 6.45) is 1.47. The fraction of sp³-hybridized carbons (Fsp3) is 0.475. The molecule has 0 atom stereocenters. The second-order valence-corrected chi connectivity index (χ2v) is 20.7. The van der Waals surface area contributed by atoms with E-state index >= 15 is 0 Å².